The van der Waals surface area contributed by atoms with Crippen LogP contribution < -0.4 is 5.32 Å². The van der Waals surface area contributed by atoms with Gasteiger partial charge in [0, 0.05) is 21.7 Å². The van der Waals surface area contributed by atoms with Gasteiger partial charge in [0.25, 0.3) is 0 Å². The summed E-state index contributed by atoms with van der Waals surface area (Å²) >= 11 is 3.71. The molecule has 2 heterocycles. The van der Waals surface area contributed by atoms with Crippen LogP contribution in [0, 0.1) is 0 Å². The quantitative estimate of drug-likeness (QED) is 0.844. The molecule has 0 amide bonds. The van der Waals surface area contributed by atoms with Gasteiger partial charge in [-0.15, -0.1) is 11.8 Å². The summed E-state index contributed by atoms with van der Waals surface area (Å²) in [6.07, 6.45) is 1.21. The van der Waals surface area contributed by atoms with Gasteiger partial charge < -0.3 is 5.32 Å². The lowest BCUT2D eigenvalue weighted by molar-refractivity contribution is 0.729. The van der Waals surface area contributed by atoms with Gasteiger partial charge >= 0.3 is 0 Å². The molecule has 1 aromatic heterocycles. The molecule has 2 aromatic rings. The summed E-state index contributed by atoms with van der Waals surface area (Å²) in [4.78, 5) is 1.43. The fraction of sp³-hybridized carbons (Fsp3) is 0.231. The van der Waals surface area contributed by atoms with Crippen LogP contribution in [0.3, 0.4) is 0 Å². The summed E-state index contributed by atoms with van der Waals surface area (Å²) in [5, 5.41) is 7.90. The van der Waals surface area contributed by atoms with Crippen molar-refractivity contribution in [3.63, 3.8) is 0 Å². The fourth-order valence-corrected chi connectivity index (χ4v) is 3.76. The van der Waals surface area contributed by atoms with Crippen LogP contribution in [-0.4, -0.2) is 5.75 Å². The van der Waals surface area contributed by atoms with E-state index < -0.39 is 0 Å². The second kappa shape index (κ2) is 4.52. The normalized spacial score (nSPS) is 19.1. The van der Waals surface area contributed by atoms with Crippen LogP contribution in [0.15, 0.2) is 46.0 Å². The zero-order valence-corrected chi connectivity index (χ0v) is 10.5. The van der Waals surface area contributed by atoms with E-state index >= 15 is 0 Å². The molecule has 0 saturated carbocycles. The minimum absolute atomic E-state index is 0.479. The number of benzene rings is 1. The predicted octanol–water partition coefficient (Wildman–Crippen LogP) is 4.40. The monoisotopic (exact) mass is 247 g/mol. The van der Waals surface area contributed by atoms with Crippen molar-refractivity contribution in [1.82, 2.24) is 0 Å². The van der Waals surface area contributed by atoms with Gasteiger partial charge in [0.15, 0.2) is 0 Å². The first-order valence-electron chi connectivity index (χ1n) is 5.44. The van der Waals surface area contributed by atoms with Crippen molar-refractivity contribution in [3.8, 4) is 0 Å². The molecular weight excluding hydrogens is 234 g/mol. The first-order valence-corrected chi connectivity index (χ1v) is 7.37. The standard InChI is InChI=1S/C13H13NS2/c1-2-4-13-11(3-1)12(6-8-16-13)14-10-5-7-15-9-10/h1-5,7,9,12,14H,6,8H2. The molecule has 82 valence electrons. The maximum atomic E-state index is 3.61. The van der Waals surface area contributed by atoms with Crippen molar-refractivity contribution in [2.75, 3.05) is 11.1 Å². The van der Waals surface area contributed by atoms with Crippen molar-refractivity contribution in [3.05, 3.63) is 46.7 Å². The van der Waals surface area contributed by atoms with E-state index in [1.54, 1.807) is 11.3 Å². The molecule has 3 rings (SSSR count). The Morgan fingerprint density at radius 2 is 2.12 bits per heavy atom. The van der Waals surface area contributed by atoms with Crippen LogP contribution in [0.25, 0.3) is 0 Å². The van der Waals surface area contributed by atoms with Gasteiger partial charge in [0.2, 0.25) is 0 Å². The Bertz CT molecular complexity index is 465. The molecule has 1 nitrogen and oxygen atoms in total. The third kappa shape index (κ3) is 1.97. The van der Waals surface area contributed by atoms with Gasteiger partial charge in [-0.2, -0.15) is 11.3 Å². The molecule has 1 aromatic carbocycles. The first-order chi connectivity index (χ1) is 7.93. The number of thioether (sulfide) groups is 1. The minimum atomic E-state index is 0.479. The third-order valence-electron chi connectivity index (χ3n) is 2.82. The van der Waals surface area contributed by atoms with Crippen molar-refractivity contribution in [2.45, 2.75) is 17.4 Å². The van der Waals surface area contributed by atoms with Crippen molar-refractivity contribution >= 4 is 28.8 Å². The molecule has 1 aliphatic heterocycles. The number of nitrogens with one attached hydrogen (secondary N) is 1. The van der Waals surface area contributed by atoms with E-state index in [1.165, 1.54) is 28.3 Å². The number of fused-ring (bicyclic) bond motifs is 1. The van der Waals surface area contributed by atoms with Gasteiger partial charge in [-0.1, -0.05) is 18.2 Å². The summed E-state index contributed by atoms with van der Waals surface area (Å²) in [5.74, 6) is 1.21. The lowest BCUT2D eigenvalue weighted by Crippen LogP contribution is -2.15. The summed E-state index contributed by atoms with van der Waals surface area (Å²) in [7, 11) is 0. The van der Waals surface area contributed by atoms with E-state index in [2.05, 4.69) is 46.4 Å². The molecule has 0 saturated heterocycles. The average Bonchev–Trinajstić information content (AvgIpc) is 2.82. The first kappa shape index (κ1) is 10.2. The van der Waals surface area contributed by atoms with E-state index in [4.69, 9.17) is 0 Å². The highest BCUT2D eigenvalue weighted by molar-refractivity contribution is 7.99. The summed E-state index contributed by atoms with van der Waals surface area (Å²) in [5.41, 5.74) is 2.70. The van der Waals surface area contributed by atoms with Crippen LogP contribution >= 0.6 is 23.1 Å². The van der Waals surface area contributed by atoms with E-state index in [1.807, 2.05) is 11.8 Å². The molecule has 0 spiro atoms. The predicted molar refractivity (Wildman–Crippen MR) is 72.5 cm³/mol. The van der Waals surface area contributed by atoms with Gasteiger partial charge in [0.1, 0.15) is 0 Å². The maximum absolute atomic E-state index is 3.61. The zero-order valence-electron chi connectivity index (χ0n) is 8.85. The molecule has 16 heavy (non-hydrogen) atoms. The van der Waals surface area contributed by atoms with Gasteiger partial charge in [-0.05, 0) is 29.5 Å². The van der Waals surface area contributed by atoms with E-state index in [0.29, 0.717) is 6.04 Å². The molecule has 3 heteroatoms. The van der Waals surface area contributed by atoms with Gasteiger partial charge in [0.05, 0.1) is 6.04 Å². The van der Waals surface area contributed by atoms with Gasteiger partial charge in [-0.25, -0.2) is 0 Å². The molecule has 1 atom stereocenters. The Morgan fingerprint density at radius 3 is 3.00 bits per heavy atom. The van der Waals surface area contributed by atoms with E-state index in [0.717, 1.165) is 0 Å². The second-order valence-corrected chi connectivity index (χ2v) is 5.80. The summed E-state index contributed by atoms with van der Waals surface area (Å²) in [6, 6.07) is 11.3. The highest BCUT2D eigenvalue weighted by Gasteiger charge is 2.19. The average molecular weight is 247 g/mol. The Balaban J connectivity index is 1.87. The number of hydrogen-bond acceptors (Lipinski definition) is 3. The Morgan fingerprint density at radius 1 is 1.19 bits per heavy atom. The number of anilines is 1. The molecule has 1 aliphatic rings. The van der Waals surface area contributed by atoms with Crippen LogP contribution in [0.4, 0.5) is 5.69 Å². The fourth-order valence-electron chi connectivity index (χ4n) is 2.04. The Labute approximate surface area is 104 Å². The third-order valence-corrected chi connectivity index (χ3v) is 4.63. The molecule has 0 aliphatic carbocycles. The van der Waals surface area contributed by atoms with Crippen LogP contribution in [-0.2, 0) is 0 Å². The van der Waals surface area contributed by atoms with E-state index in [-0.39, 0.29) is 0 Å². The summed E-state index contributed by atoms with van der Waals surface area (Å²) < 4.78 is 0. The number of rotatable bonds is 2. The molecular formula is C13H13NS2. The highest BCUT2D eigenvalue weighted by Crippen LogP contribution is 2.37. The summed E-state index contributed by atoms with van der Waals surface area (Å²) in [6.45, 7) is 0. The van der Waals surface area contributed by atoms with Crippen molar-refractivity contribution in [2.24, 2.45) is 0 Å². The molecule has 1 unspecified atom stereocenters. The molecule has 0 radical (unpaired) electrons. The molecule has 0 fully saturated rings. The van der Waals surface area contributed by atoms with E-state index in [9.17, 15) is 0 Å². The van der Waals surface area contributed by atoms with Crippen molar-refractivity contribution in [1.29, 1.82) is 0 Å². The second-order valence-electron chi connectivity index (χ2n) is 3.88. The Hall–Kier alpha value is -0.930. The number of hydrogen-bond donors (Lipinski definition) is 1. The zero-order chi connectivity index (χ0) is 10.8. The van der Waals surface area contributed by atoms with Crippen LogP contribution in [0.2, 0.25) is 0 Å². The van der Waals surface area contributed by atoms with Crippen molar-refractivity contribution < 1.29 is 0 Å². The topological polar surface area (TPSA) is 12.0 Å². The highest BCUT2D eigenvalue weighted by atomic mass is 32.2. The lowest BCUT2D eigenvalue weighted by Gasteiger charge is -2.26. The smallest absolute Gasteiger partial charge is 0.0533 e. The maximum Gasteiger partial charge on any atom is 0.0533 e. The molecule has 0 bridgehead atoms. The van der Waals surface area contributed by atoms with Gasteiger partial charge in [-0.3, -0.25) is 0 Å². The lowest BCUT2D eigenvalue weighted by atomic mass is 10.0. The Kier molecular flexibility index (Phi) is 2.89. The van der Waals surface area contributed by atoms with Crippen LogP contribution in [0.5, 0.6) is 0 Å². The molecule has 1 N–H and O–H groups in total. The number of thiophene rings is 1. The SMILES string of the molecule is c1ccc2c(c1)SCCC2Nc1ccsc1. The minimum Gasteiger partial charge on any atom is -0.377 e. The largest absolute Gasteiger partial charge is 0.377 e. The van der Waals surface area contributed by atoms with Crippen LogP contribution in [0.1, 0.15) is 18.0 Å².